The molecule has 90 valence electrons. The third kappa shape index (κ3) is 2.62. The van der Waals surface area contributed by atoms with Crippen LogP contribution in [0.2, 0.25) is 0 Å². The van der Waals surface area contributed by atoms with Crippen LogP contribution >= 0.6 is 0 Å². The molecule has 0 fully saturated rings. The molecule has 1 aromatic heterocycles. The second-order valence-electron chi connectivity index (χ2n) is 3.97. The van der Waals surface area contributed by atoms with E-state index in [0.29, 0.717) is 18.3 Å². The number of aromatic nitrogens is 2. The minimum Gasteiger partial charge on any atom is -0.381 e. The van der Waals surface area contributed by atoms with Crippen molar-refractivity contribution in [1.82, 2.24) is 10.1 Å². The lowest BCUT2D eigenvalue weighted by molar-refractivity contribution is 0.425. The van der Waals surface area contributed by atoms with Crippen LogP contribution in [0.5, 0.6) is 0 Å². The maximum absolute atomic E-state index is 5.60. The Labute approximate surface area is 100 Å². The zero-order chi connectivity index (χ0) is 12.3. The number of rotatable bonds is 4. The molecule has 5 heteroatoms. The summed E-state index contributed by atoms with van der Waals surface area (Å²) in [7, 11) is 0. The Morgan fingerprint density at radius 1 is 1.41 bits per heavy atom. The molecular formula is C12H16N4O. The average molecular weight is 232 g/mol. The van der Waals surface area contributed by atoms with Gasteiger partial charge in [0.05, 0.1) is 5.56 Å². The number of hydrogen-bond acceptors (Lipinski definition) is 5. The Hall–Kier alpha value is -1.88. The van der Waals surface area contributed by atoms with Crippen molar-refractivity contribution in [1.29, 1.82) is 0 Å². The molecular weight excluding hydrogens is 216 g/mol. The number of hydrogen-bond donors (Lipinski definition) is 2. The summed E-state index contributed by atoms with van der Waals surface area (Å²) in [5.74, 6) is 1.15. The van der Waals surface area contributed by atoms with Crippen molar-refractivity contribution in [3.63, 3.8) is 0 Å². The van der Waals surface area contributed by atoms with Gasteiger partial charge in [-0.25, -0.2) is 0 Å². The summed E-state index contributed by atoms with van der Waals surface area (Å²) >= 11 is 0. The first kappa shape index (κ1) is 11.6. The molecule has 0 bridgehead atoms. The molecule has 2 rings (SSSR count). The molecule has 2 aromatic rings. The van der Waals surface area contributed by atoms with Crippen LogP contribution in [0.3, 0.4) is 0 Å². The number of nitrogens with one attached hydrogen (secondary N) is 1. The van der Waals surface area contributed by atoms with Crippen LogP contribution in [-0.4, -0.2) is 22.7 Å². The van der Waals surface area contributed by atoms with E-state index in [0.717, 1.165) is 11.3 Å². The van der Waals surface area contributed by atoms with Crippen LogP contribution in [0.1, 0.15) is 12.7 Å². The Balaban J connectivity index is 2.33. The first-order valence-corrected chi connectivity index (χ1v) is 5.57. The van der Waals surface area contributed by atoms with Crippen molar-refractivity contribution in [3.8, 4) is 11.5 Å². The summed E-state index contributed by atoms with van der Waals surface area (Å²) in [5, 5.41) is 7.11. The van der Waals surface area contributed by atoms with Gasteiger partial charge in [-0.15, -0.1) is 0 Å². The molecule has 0 aliphatic heterocycles. The van der Waals surface area contributed by atoms with Gasteiger partial charge in [-0.1, -0.05) is 17.3 Å². The molecule has 1 atom stereocenters. The number of aryl methyl sites for hydroxylation is 1. The highest BCUT2D eigenvalue weighted by Crippen LogP contribution is 2.26. The number of para-hydroxylation sites is 1. The predicted molar refractivity (Wildman–Crippen MR) is 66.6 cm³/mol. The Morgan fingerprint density at radius 2 is 2.18 bits per heavy atom. The molecule has 0 radical (unpaired) electrons. The van der Waals surface area contributed by atoms with Gasteiger partial charge >= 0.3 is 0 Å². The van der Waals surface area contributed by atoms with Gasteiger partial charge in [0, 0.05) is 18.3 Å². The van der Waals surface area contributed by atoms with E-state index in [-0.39, 0.29) is 6.04 Å². The van der Waals surface area contributed by atoms with Crippen molar-refractivity contribution in [2.75, 3.05) is 11.9 Å². The molecule has 1 heterocycles. The van der Waals surface area contributed by atoms with Gasteiger partial charge in [0.2, 0.25) is 0 Å². The summed E-state index contributed by atoms with van der Waals surface area (Å²) in [6, 6.07) is 8.01. The Bertz CT molecular complexity index is 495. The molecule has 5 nitrogen and oxygen atoms in total. The van der Waals surface area contributed by atoms with E-state index in [1.54, 1.807) is 6.92 Å². The SMILES string of the molecule is Cc1noc(-c2ccccc2NC(C)CN)n1. The third-order valence-electron chi connectivity index (χ3n) is 2.44. The molecule has 1 unspecified atom stereocenters. The van der Waals surface area contributed by atoms with Crippen LogP contribution in [-0.2, 0) is 0 Å². The molecule has 0 saturated carbocycles. The highest BCUT2D eigenvalue weighted by molar-refractivity contribution is 5.72. The van der Waals surface area contributed by atoms with E-state index in [2.05, 4.69) is 15.5 Å². The molecule has 3 N–H and O–H groups in total. The zero-order valence-corrected chi connectivity index (χ0v) is 9.97. The lowest BCUT2D eigenvalue weighted by atomic mass is 10.1. The van der Waals surface area contributed by atoms with Crippen molar-refractivity contribution in [2.45, 2.75) is 19.9 Å². The van der Waals surface area contributed by atoms with Gasteiger partial charge in [0.1, 0.15) is 0 Å². The number of anilines is 1. The fourth-order valence-corrected chi connectivity index (χ4v) is 1.53. The van der Waals surface area contributed by atoms with Crippen LogP contribution in [0.4, 0.5) is 5.69 Å². The van der Waals surface area contributed by atoms with Gasteiger partial charge in [-0.05, 0) is 26.0 Å². The molecule has 0 aliphatic rings. The quantitative estimate of drug-likeness (QED) is 0.840. The molecule has 0 aliphatic carbocycles. The Morgan fingerprint density at radius 3 is 2.82 bits per heavy atom. The third-order valence-corrected chi connectivity index (χ3v) is 2.44. The molecule has 17 heavy (non-hydrogen) atoms. The average Bonchev–Trinajstić information content (AvgIpc) is 2.76. The lowest BCUT2D eigenvalue weighted by Crippen LogP contribution is -2.25. The predicted octanol–water partition coefficient (Wildman–Crippen LogP) is 1.80. The highest BCUT2D eigenvalue weighted by Gasteiger charge is 2.11. The molecule has 0 saturated heterocycles. The van der Waals surface area contributed by atoms with Crippen molar-refractivity contribution >= 4 is 5.69 Å². The van der Waals surface area contributed by atoms with Crippen molar-refractivity contribution in [3.05, 3.63) is 30.1 Å². The Kier molecular flexibility index (Phi) is 3.39. The van der Waals surface area contributed by atoms with Crippen LogP contribution < -0.4 is 11.1 Å². The van der Waals surface area contributed by atoms with E-state index in [4.69, 9.17) is 10.3 Å². The normalized spacial score (nSPS) is 12.4. The van der Waals surface area contributed by atoms with Gasteiger partial charge in [-0.3, -0.25) is 0 Å². The molecule has 0 amide bonds. The summed E-state index contributed by atoms with van der Waals surface area (Å²) in [5.41, 5.74) is 7.45. The van der Waals surface area contributed by atoms with Gasteiger partial charge in [0.25, 0.3) is 5.89 Å². The minimum atomic E-state index is 0.195. The summed E-state index contributed by atoms with van der Waals surface area (Å²) in [6.07, 6.45) is 0. The van der Waals surface area contributed by atoms with Crippen LogP contribution in [0.25, 0.3) is 11.5 Å². The summed E-state index contributed by atoms with van der Waals surface area (Å²) < 4.78 is 5.17. The number of benzene rings is 1. The fourth-order valence-electron chi connectivity index (χ4n) is 1.53. The molecule has 1 aromatic carbocycles. The van der Waals surface area contributed by atoms with Gasteiger partial charge < -0.3 is 15.6 Å². The van der Waals surface area contributed by atoms with Gasteiger partial charge in [0.15, 0.2) is 5.82 Å². The van der Waals surface area contributed by atoms with E-state index in [1.165, 1.54) is 0 Å². The maximum atomic E-state index is 5.60. The largest absolute Gasteiger partial charge is 0.381 e. The van der Waals surface area contributed by atoms with E-state index in [1.807, 2.05) is 31.2 Å². The first-order valence-electron chi connectivity index (χ1n) is 5.57. The second kappa shape index (κ2) is 4.97. The van der Waals surface area contributed by atoms with E-state index < -0.39 is 0 Å². The summed E-state index contributed by atoms with van der Waals surface area (Å²) in [6.45, 7) is 4.39. The minimum absolute atomic E-state index is 0.195. The zero-order valence-electron chi connectivity index (χ0n) is 9.97. The number of nitrogens with zero attached hydrogens (tertiary/aromatic N) is 2. The van der Waals surface area contributed by atoms with Crippen LogP contribution in [0.15, 0.2) is 28.8 Å². The smallest absolute Gasteiger partial charge is 0.260 e. The van der Waals surface area contributed by atoms with E-state index in [9.17, 15) is 0 Å². The second-order valence-corrected chi connectivity index (χ2v) is 3.97. The van der Waals surface area contributed by atoms with Crippen molar-refractivity contribution in [2.24, 2.45) is 5.73 Å². The molecule has 0 spiro atoms. The van der Waals surface area contributed by atoms with Gasteiger partial charge in [-0.2, -0.15) is 4.98 Å². The fraction of sp³-hybridized carbons (Fsp3) is 0.333. The topological polar surface area (TPSA) is 77.0 Å². The van der Waals surface area contributed by atoms with Crippen LogP contribution in [0, 0.1) is 6.92 Å². The lowest BCUT2D eigenvalue weighted by Gasteiger charge is -2.14. The highest BCUT2D eigenvalue weighted by atomic mass is 16.5. The van der Waals surface area contributed by atoms with E-state index >= 15 is 0 Å². The standard InChI is InChI=1S/C12H16N4O/c1-8(7-13)14-11-6-4-3-5-10(11)12-15-9(2)16-17-12/h3-6,8,14H,7,13H2,1-2H3. The number of nitrogens with two attached hydrogens (primary N) is 1. The monoisotopic (exact) mass is 232 g/mol. The first-order chi connectivity index (χ1) is 8.20. The summed E-state index contributed by atoms with van der Waals surface area (Å²) in [4.78, 5) is 4.23. The van der Waals surface area contributed by atoms with Crippen molar-refractivity contribution < 1.29 is 4.52 Å². The maximum Gasteiger partial charge on any atom is 0.260 e.